The smallest absolute Gasteiger partial charge is 0.238 e. The Bertz CT molecular complexity index is 754. The Morgan fingerprint density at radius 1 is 1.21 bits per heavy atom. The topological polar surface area (TPSA) is 96.6 Å². The first-order valence-electron chi connectivity index (χ1n) is 7.65. The van der Waals surface area contributed by atoms with Gasteiger partial charge in [0.25, 0.3) is 0 Å². The highest BCUT2D eigenvalue weighted by Crippen LogP contribution is 2.10. The van der Waals surface area contributed by atoms with Gasteiger partial charge >= 0.3 is 0 Å². The summed E-state index contributed by atoms with van der Waals surface area (Å²) in [7, 11) is -3.63. The molecule has 0 bridgehead atoms. The van der Waals surface area contributed by atoms with Crippen LogP contribution in [0.2, 0.25) is 0 Å². The van der Waals surface area contributed by atoms with Gasteiger partial charge in [-0.1, -0.05) is 18.2 Å². The lowest BCUT2D eigenvalue weighted by Gasteiger charge is -2.11. The fourth-order valence-electron chi connectivity index (χ4n) is 2.07. The first kappa shape index (κ1) is 18.4. The quantitative estimate of drug-likeness (QED) is 0.513. The van der Waals surface area contributed by atoms with E-state index in [9.17, 15) is 8.42 Å². The average molecular weight is 367 g/mol. The summed E-state index contributed by atoms with van der Waals surface area (Å²) in [5, 5.41) is 13.6. The molecule has 0 spiro atoms. The number of nitrogens with two attached hydrogens (primary N) is 1. The number of sulfonamides is 1. The fourth-order valence-corrected chi connectivity index (χ4v) is 3.22. The Kier molecular flexibility index (Phi) is 6.77. The highest BCUT2D eigenvalue weighted by Gasteiger charge is 2.06. The molecule has 130 valence electrons. The van der Waals surface area contributed by atoms with E-state index in [0.717, 1.165) is 24.5 Å². The highest BCUT2D eigenvalue weighted by molar-refractivity contribution is 7.89. The van der Waals surface area contributed by atoms with E-state index in [4.69, 9.17) is 5.14 Å². The van der Waals surface area contributed by atoms with Gasteiger partial charge < -0.3 is 10.6 Å². The number of rotatable bonds is 7. The second-order valence-electron chi connectivity index (χ2n) is 5.14. The third-order valence-electron chi connectivity index (χ3n) is 3.28. The van der Waals surface area contributed by atoms with Gasteiger partial charge in [0.2, 0.25) is 10.0 Å². The van der Waals surface area contributed by atoms with Crippen LogP contribution in [0.25, 0.3) is 0 Å². The lowest BCUT2D eigenvalue weighted by Crippen LogP contribution is -2.38. The van der Waals surface area contributed by atoms with E-state index >= 15 is 0 Å². The highest BCUT2D eigenvalue weighted by atomic mass is 32.2. The van der Waals surface area contributed by atoms with Crippen LogP contribution in [0.15, 0.2) is 51.7 Å². The number of thiophene rings is 1. The van der Waals surface area contributed by atoms with Crippen LogP contribution in [-0.4, -0.2) is 27.5 Å². The molecule has 0 amide bonds. The van der Waals surface area contributed by atoms with Crippen molar-refractivity contribution in [3.05, 3.63) is 52.2 Å². The van der Waals surface area contributed by atoms with Crippen LogP contribution < -0.4 is 15.8 Å². The standard InChI is InChI=1S/C16H22N4O2S2/c1-2-18-16(20-12-14-4-3-11-23-14)19-10-9-13-5-7-15(8-6-13)24(17,21)22/h3-8,11H,2,9-10,12H2,1H3,(H2,17,21,22)(H2,18,19,20). The van der Waals surface area contributed by atoms with Gasteiger partial charge in [0.1, 0.15) is 0 Å². The molecule has 8 heteroatoms. The maximum atomic E-state index is 11.2. The van der Waals surface area contributed by atoms with E-state index in [2.05, 4.69) is 21.7 Å². The van der Waals surface area contributed by atoms with Gasteiger partial charge in [0.15, 0.2) is 5.96 Å². The third kappa shape index (κ3) is 5.95. The number of primary sulfonamides is 1. The minimum atomic E-state index is -3.63. The number of benzene rings is 1. The van der Waals surface area contributed by atoms with Gasteiger partial charge in [0.05, 0.1) is 11.4 Å². The van der Waals surface area contributed by atoms with E-state index in [0.29, 0.717) is 13.1 Å². The number of aliphatic imine (C=N–C) groups is 1. The van der Waals surface area contributed by atoms with Crippen molar-refractivity contribution in [2.45, 2.75) is 24.8 Å². The minimum Gasteiger partial charge on any atom is -0.357 e. The molecule has 1 aromatic carbocycles. The van der Waals surface area contributed by atoms with Crippen molar-refractivity contribution in [1.82, 2.24) is 10.6 Å². The Balaban J connectivity index is 1.87. The summed E-state index contributed by atoms with van der Waals surface area (Å²) in [6, 6.07) is 10.7. The maximum absolute atomic E-state index is 11.2. The molecule has 24 heavy (non-hydrogen) atoms. The molecule has 6 nitrogen and oxygen atoms in total. The van der Waals surface area contributed by atoms with Crippen molar-refractivity contribution in [1.29, 1.82) is 0 Å². The lowest BCUT2D eigenvalue weighted by atomic mass is 10.1. The summed E-state index contributed by atoms with van der Waals surface area (Å²) in [6.45, 7) is 4.16. The van der Waals surface area contributed by atoms with Crippen molar-refractivity contribution >= 4 is 27.3 Å². The van der Waals surface area contributed by atoms with Crippen molar-refractivity contribution in [2.24, 2.45) is 10.1 Å². The molecular weight excluding hydrogens is 344 g/mol. The molecule has 2 rings (SSSR count). The second-order valence-corrected chi connectivity index (χ2v) is 7.73. The molecule has 1 aromatic heterocycles. The molecule has 0 unspecified atom stereocenters. The van der Waals surface area contributed by atoms with Gasteiger partial charge in [-0.05, 0) is 42.5 Å². The van der Waals surface area contributed by atoms with Gasteiger partial charge in [-0.15, -0.1) is 11.3 Å². The molecule has 0 atom stereocenters. The van der Waals surface area contributed by atoms with E-state index in [1.54, 1.807) is 23.5 Å². The van der Waals surface area contributed by atoms with Gasteiger partial charge in [-0.2, -0.15) is 0 Å². The first-order valence-corrected chi connectivity index (χ1v) is 10.1. The van der Waals surface area contributed by atoms with E-state index in [-0.39, 0.29) is 4.90 Å². The maximum Gasteiger partial charge on any atom is 0.238 e. The largest absolute Gasteiger partial charge is 0.357 e. The van der Waals surface area contributed by atoms with Gasteiger partial charge in [-0.25, -0.2) is 18.5 Å². The Hall–Kier alpha value is -1.90. The second kappa shape index (κ2) is 8.81. The molecule has 0 aliphatic carbocycles. The molecule has 0 radical (unpaired) electrons. The van der Waals surface area contributed by atoms with Crippen LogP contribution in [0, 0.1) is 0 Å². The molecule has 0 aliphatic heterocycles. The Labute approximate surface area is 146 Å². The van der Waals surface area contributed by atoms with Crippen molar-refractivity contribution < 1.29 is 8.42 Å². The van der Waals surface area contributed by atoms with E-state index in [1.165, 1.54) is 17.0 Å². The van der Waals surface area contributed by atoms with Crippen LogP contribution >= 0.6 is 11.3 Å². The van der Waals surface area contributed by atoms with Crippen LogP contribution in [0.5, 0.6) is 0 Å². The predicted octanol–water partition coefficient (Wildman–Crippen LogP) is 1.69. The number of hydrogen-bond donors (Lipinski definition) is 3. The third-order valence-corrected chi connectivity index (χ3v) is 5.07. The van der Waals surface area contributed by atoms with Crippen LogP contribution in [0.1, 0.15) is 17.4 Å². The number of guanidine groups is 1. The van der Waals surface area contributed by atoms with Crippen molar-refractivity contribution in [3.8, 4) is 0 Å². The molecular formula is C16H22N4O2S2. The first-order chi connectivity index (χ1) is 11.5. The fraction of sp³-hybridized carbons (Fsp3) is 0.312. The summed E-state index contributed by atoms with van der Waals surface area (Å²) in [5.74, 6) is 0.770. The van der Waals surface area contributed by atoms with E-state index in [1.807, 2.05) is 18.4 Å². The molecule has 0 saturated carbocycles. The SMILES string of the molecule is CCNC(=NCc1cccs1)NCCc1ccc(S(N)(=O)=O)cc1. The summed E-state index contributed by atoms with van der Waals surface area (Å²) in [6.07, 6.45) is 0.758. The van der Waals surface area contributed by atoms with Crippen LogP contribution in [0.4, 0.5) is 0 Å². The lowest BCUT2D eigenvalue weighted by molar-refractivity contribution is 0.598. The van der Waals surface area contributed by atoms with Crippen LogP contribution in [-0.2, 0) is 23.0 Å². The predicted molar refractivity (Wildman–Crippen MR) is 98.7 cm³/mol. The van der Waals surface area contributed by atoms with Crippen molar-refractivity contribution in [3.63, 3.8) is 0 Å². The summed E-state index contributed by atoms with van der Waals surface area (Å²) in [5.41, 5.74) is 1.03. The zero-order chi connectivity index (χ0) is 17.4. The number of hydrogen-bond acceptors (Lipinski definition) is 4. The number of nitrogens with zero attached hydrogens (tertiary/aromatic N) is 1. The average Bonchev–Trinajstić information content (AvgIpc) is 3.05. The molecule has 0 aliphatic rings. The minimum absolute atomic E-state index is 0.130. The van der Waals surface area contributed by atoms with Gasteiger partial charge in [-0.3, -0.25) is 0 Å². The number of nitrogens with one attached hydrogen (secondary N) is 2. The monoisotopic (exact) mass is 366 g/mol. The molecule has 2 aromatic rings. The molecule has 0 fully saturated rings. The summed E-state index contributed by atoms with van der Waals surface area (Å²) < 4.78 is 22.5. The summed E-state index contributed by atoms with van der Waals surface area (Å²) >= 11 is 1.69. The molecule has 0 saturated heterocycles. The Morgan fingerprint density at radius 3 is 2.54 bits per heavy atom. The van der Waals surface area contributed by atoms with Crippen LogP contribution in [0.3, 0.4) is 0 Å². The molecule has 1 heterocycles. The summed E-state index contributed by atoms with van der Waals surface area (Å²) in [4.78, 5) is 5.89. The normalized spacial score (nSPS) is 12.2. The molecule has 4 N–H and O–H groups in total. The zero-order valence-corrected chi connectivity index (χ0v) is 15.2. The zero-order valence-electron chi connectivity index (χ0n) is 13.5. The van der Waals surface area contributed by atoms with E-state index < -0.39 is 10.0 Å². The Morgan fingerprint density at radius 2 is 1.96 bits per heavy atom. The van der Waals surface area contributed by atoms with Crippen molar-refractivity contribution in [2.75, 3.05) is 13.1 Å². The van der Waals surface area contributed by atoms with Gasteiger partial charge in [0, 0.05) is 18.0 Å².